The number of rotatable bonds is 4. The third-order valence-corrected chi connectivity index (χ3v) is 4.37. The van der Waals surface area contributed by atoms with Gasteiger partial charge in [0.15, 0.2) is 0 Å². The maximum atomic E-state index is 13.7. The Labute approximate surface area is 121 Å². The number of aryl methyl sites for hydroxylation is 1. The predicted molar refractivity (Wildman–Crippen MR) is 80.1 cm³/mol. The van der Waals surface area contributed by atoms with Crippen molar-refractivity contribution >= 4 is 0 Å². The van der Waals surface area contributed by atoms with Crippen molar-refractivity contribution < 1.29 is 9.13 Å². The quantitative estimate of drug-likeness (QED) is 0.836. The minimum Gasteiger partial charge on any atom is -0.373 e. The number of halogens is 1. The van der Waals surface area contributed by atoms with E-state index in [0.717, 1.165) is 36.8 Å². The van der Waals surface area contributed by atoms with E-state index in [0.29, 0.717) is 6.61 Å². The normalized spacial score (nSPS) is 20.4. The highest BCUT2D eigenvalue weighted by Gasteiger charge is 2.38. The summed E-state index contributed by atoms with van der Waals surface area (Å²) in [6.07, 6.45) is 6.70. The Morgan fingerprint density at radius 3 is 2.40 bits per heavy atom. The Morgan fingerprint density at radius 2 is 1.85 bits per heavy atom. The van der Waals surface area contributed by atoms with Gasteiger partial charge in [0, 0.05) is 6.61 Å². The summed E-state index contributed by atoms with van der Waals surface area (Å²) in [6.45, 7) is 4.57. The van der Waals surface area contributed by atoms with E-state index in [1.807, 2.05) is 19.9 Å². The van der Waals surface area contributed by atoms with Crippen LogP contribution >= 0.6 is 0 Å². The molecule has 1 aromatic rings. The fraction of sp³-hybridized carbons (Fsp3) is 0.647. The van der Waals surface area contributed by atoms with E-state index in [2.05, 4.69) is 0 Å². The van der Waals surface area contributed by atoms with Gasteiger partial charge in [-0.25, -0.2) is 4.39 Å². The first-order valence-electron chi connectivity index (χ1n) is 7.74. The molecule has 1 atom stereocenters. The number of hydrogen-bond acceptors (Lipinski definition) is 2. The zero-order chi connectivity index (χ0) is 14.6. The van der Waals surface area contributed by atoms with E-state index in [4.69, 9.17) is 10.5 Å². The topological polar surface area (TPSA) is 35.2 Å². The van der Waals surface area contributed by atoms with Crippen LogP contribution < -0.4 is 5.73 Å². The van der Waals surface area contributed by atoms with Gasteiger partial charge in [-0.2, -0.15) is 0 Å². The minimum absolute atomic E-state index is 0.212. The van der Waals surface area contributed by atoms with Crippen molar-refractivity contribution in [3.05, 3.63) is 35.1 Å². The standard InChI is InChI=1S/C17H26FNO/c1-3-20-17(8-6-4-5-7-9-17)16(19)14-10-13(2)11-15(18)12-14/h10-12,16H,3-9,19H2,1-2H3. The van der Waals surface area contributed by atoms with Crippen molar-refractivity contribution in [2.45, 2.75) is 64.0 Å². The zero-order valence-electron chi connectivity index (χ0n) is 12.6. The number of nitrogens with two attached hydrogens (primary N) is 1. The average molecular weight is 279 g/mol. The van der Waals surface area contributed by atoms with Crippen molar-refractivity contribution in [2.24, 2.45) is 5.73 Å². The van der Waals surface area contributed by atoms with Crippen LogP contribution in [0.25, 0.3) is 0 Å². The molecule has 1 unspecified atom stereocenters. The van der Waals surface area contributed by atoms with E-state index in [1.54, 1.807) is 6.07 Å². The van der Waals surface area contributed by atoms with Gasteiger partial charge >= 0.3 is 0 Å². The lowest BCUT2D eigenvalue weighted by atomic mass is 9.82. The molecule has 112 valence electrons. The molecule has 0 amide bonds. The average Bonchev–Trinajstić information content (AvgIpc) is 2.64. The Balaban J connectivity index is 2.31. The summed E-state index contributed by atoms with van der Waals surface area (Å²) >= 11 is 0. The largest absolute Gasteiger partial charge is 0.373 e. The van der Waals surface area contributed by atoms with Crippen molar-refractivity contribution in [3.8, 4) is 0 Å². The van der Waals surface area contributed by atoms with E-state index >= 15 is 0 Å². The Hall–Kier alpha value is -0.930. The highest BCUT2D eigenvalue weighted by atomic mass is 19.1. The van der Waals surface area contributed by atoms with Crippen LogP contribution in [-0.4, -0.2) is 12.2 Å². The molecule has 2 nitrogen and oxygen atoms in total. The van der Waals surface area contributed by atoms with Crippen molar-refractivity contribution in [3.63, 3.8) is 0 Å². The first-order valence-corrected chi connectivity index (χ1v) is 7.74. The van der Waals surface area contributed by atoms with Crippen LogP contribution in [0.1, 0.15) is 62.6 Å². The Morgan fingerprint density at radius 1 is 1.20 bits per heavy atom. The second-order valence-electron chi connectivity index (χ2n) is 5.95. The van der Waals surface area contributed by atoms with Crippen molar-refractivity contribution in [1.82, 2.24) is 0 Å². The molecular formula is C17H26FNO. The molecular weight excluding hydrogens is 253 g/mol. The molecule has 2 rings (SSSR count). The van der Waals surface area contributed by atoms with E-state index in [9.17, 15) is 4.39 Å². The molecule has 0 aliphatic heterocycles. The third kappa shape index (κ3) is 3.39. The van der Waals surface area contributed by atoms with Gasteiger partial charge in [-0.15, -0.1) is 0 Å². The molecule has 20 heavy (non-hydrogen) atoms. The van der Waals surface area contributed by atoms with Crippen LogP contribution in [0.15, 0.2) is 18.2 Å². The lowest BCUT2D eigenvalue weighted by Crippen LogP contribution is -2.43. The van der Waals surface area contributed by atoms with E-state index in [-0.39, 0.29) is 17.5 Å². The summed E-state index contributed by atoms with van der Waals surface area (Å²) in [7, 11) is 0. The van der Waals surface area contributed by atoms with Crippen LogP contribution in [0.4, 0.5) is 4.39 Å². The smallest absolute Gasteiger partial charge is 0.123 e. The first kappa shape index (κ1) is 15.5. The second-order valence-corrected chi connectivity index (χ2v) is 5.95. The SMILES string of the molecule is CCOC1(C(N)c2cc(C)cc(F)c2)CCCCCC1. The van der Waals surface area contributed by atoms with Crippen LogP contribution in [0, 0.1) is 12.7 Å². The van der Waals surface area contributed by atoms with Gasteiger partial charge in [0.05, 0.1) is 11.6 Å². The van der Waals surface area contributed by atoms with Crippen molar-refractivity contribution in [2.75, 3.05) is 6.61 Å². The van der Waals surface area contributed by atoms with Gasteiger partial charge in [-0.3, -0.25) is 0 Å². The molecule has 0 aromatic heterocycles. The van der Waals surface area contributed by atoms with E-state index in [1.165, 1.54) is 18.9 Å². The summed E-state index contributed by atoms with van der Waals surface area (Å²) in [5.74, 6) is -0.212. The summed E-state index contributed by atoms with van der Waals surface area (Å²) in [5.41, 5.74) is 7.95. The zero-order valence-corrected chi connectivity index (χ0v) is 12.6. The highest BCUT2D eigenvalue weighted by Crippen LogP contribution is 2.39. The monoisotopic (exact) mass is 279 g/mol. The number of ether oxygens (including phenoxy) is 1. The number of hydrogen-bond donors (Lipinski definition) is 1. The third-order valence-electron chi connectivity index (χ3n) is 4.37. The molecule has 0 saturated heterocycles. The molecule has 3 heteroatoms. The Bertz CT molecular complexity index is 418. The number of benzene rings is 1. The molecule has 2 N–H and O–H groups in total. The van der Waals surface area contributed by atoms with Crippen LogP contribution in [0.3, 0.4) is 0 Å². The first-order chi connectivity index (χ1) is 9.57. The summed E-state index contributed by atoms with van der Waals surface area (Å²) in [5, 5.41) is 0. The predicted octanol–water partition coefficient (Wildman–Crippen LogP) is 4.26. The fourth-order valence-electron chi connectivity index (χ4n) is 3.41. The molecule has 0 heterocycles. The molecule has 0 bridgehead atoms. The minimum atomic E-state index is -0.328. The van der Waals surface area contributed by atoms with Gasteiger partial charge in [-0.05, 0) is 49.9 Å². The molecule has 1 fully saturated rings. The van der Waals surface area contributed by atoms with Gasteiger partial charge in [0.1, 0.15) is 5.82 Å². The molecule has 1 aliphatic rings. The lowest BCUT2D eigenvalue weighted by molar-refractivity contribution is -0.0696. The lowest BCUT2D eigenvalue weighted by Gasteiger charge is -2.38. The molecule has 0 radical (unpaired) electrons. The van der Waals surface area contributed by atoms with Gasteiger partial charge in [0.25, 0.3) is 0 Å². The van der Waals surface area contributed by atoms with Gasteiger partial charge in [-0.1, -0.05) is 31.7 Å². The van der Waals surface area contributed by atoms with Crippen molar-refractivity contribution in [1.29, 1.82) is 0 Å². The molecule has 0 spiro atoms. The highest BCUT2D eigenvalue weighted by molar-refractivity contribution is 5.28. The molecule has 1 aliphatic carbocycles. The maximum Gasteiger partial charge on any atom is 0.123 e. The summed E-state index contributed by atoms with van der Waals surface area (Å²) in [6, 6.07) is 4.83. The molecule has 1 aromatic carbocycles. The second kappa shape index (κ2) is 6.68. The van der Waals surface area contributed by atoms with Crippen LogP contribution in [0.5, 0.6) is 0 Å². The van der Waals surface area contributed by atoms with Gasteiger partial charge < -0.3 is 10.5 Å². The summed E-state index contributed by atoms with van der Waals surface area (Å²) in [4.78, 5) is 0. The fourth-order valence-corrected chi connectivity index (χ4v) is 3.41. The van der Waals surface area contributed by atoms with Crippen LogP contribution in [0.2, 0.25) is 0 Å². The summed E-state index contributed by atoms with van der Waals surface area (Å²) < 4.78 is 19.7. The van der Waals surface area contributed by atoms with E-state index < -0.39 is 0 Å². The maximum absolute atomic E-state index is 13.7. The molecule has 1 saturated carbocycles. The van der Waals surface area contributed by atoms with Crippen LogP contribution in [-0.2, 0) is 4.74 Å². The Kier molecular flexibility index (Phi) is 5.17. The van der Waals surface area contributed by atoms with Gasteiger partial charge in [0.2, 0.25) is 0 Å².